The molecule has 2 heterocycles. The highest BCUT2D eigenvalue weighted by Crippen LogP contribution is 2.52. The fourth-order valence-electron chi connectivity index (χ4n) is 5.62. The van der Waals surface area contributed by atoms with Gasteiger partial charge in [-0.25, -0.2) is 4.39 Å². The van der Waals surface area contributed by atoms with Crippen molar-refractivity contribution in [3.05, 3.63) is 57.3 Å². The van der Waals surface area contributed by atoms with Gasteiger partial charge in [-0.2, -0.15) is 0 Å². The van der Waals surface area contributed by atoms with E-state index in [1.807, 2.05) is 19.2 Å². The maximum absolute atomic E-state index is 14.9. The van der Waals surface area contributed by atoms with Crippen LogP contribution in [0.1, 0.15) is 43.2 Å². The largest absolute Gasteiger partial charge is 0.374 e. The molecule has 2 aromatic rings. The summed E-state index contributed by atoms with van der Waals surface area (Å²) in [5, 5.41) is 7.44. The van der Waals surface area contributed by atoms with E-state index in [9.17, 15) is 9.18 Å². The molecule has 1 unspecified atom stereocenters. The van der Waals surface area contributed by atoms with E-state index in [0.29, 0.717) is 23.6 Å². The first-order valence-electron chi connectivity index (χ1n) is 10.4. The highest BCUT2D eigenvalue weighted by Gasteiger charge is 2.51. The zero-order chi connectivity index (χ0) is 21.1. The second-order valence-corrected chi connectivity index (χ2v) is 9.52. The Labute approximate surface area is 185 Å². The van der Waals surface area contributed by atoms with Crippen LogP contribution < -0.4 is 15.5 Å². The third-order valence-corrected chi connectivity index (χ3v) is 7.91. The van der Waals surface area contributed by atoms with Gasteiger partial charge in [0.1, 0.15) is 5.82 Å². The maximum atomic E-state index is 14.9. The Kier molecular flexibility index (Phi) is 4.77. The Bertz CT molecular complexity index is 1030. The number of carbonyl (C=O) groups excluding carboxylic acids is 1. The van der Waals surface area contributed by atoms with Gasteiger partial charge >= 0.3 is 0 Å². The summed E-state index contributed by atoms with van der Waals surface area (Å²) in [6, 6.07) is 8.93. The van der Waals surface area contributed by atoms with E-state index >= 15 is 0 Å². The van der Waals surface area contributed by atoms with Crippen molar-refractivity contribution < 1.29 is 9.18 Å². The lowest BCUT2D eigenvalue weighted by Crippen LogP contribution is -2.39. The molecule has 1 saturated carbocycles. The van der Waals surface area contributed by atoms with Gasteiger partial charge in [-0.05, 0) is 55.6 Å². The molecule has 30 heavy (non-hydrogen) atoms. The minimum Gasteiger partial charge on any atom is -0.374 e. The Morgan fingerprint density at radius 3 is 2.60 bits per heavy atom. The highest BCUT2D eigenvalue weighted by molar-refractivity contribution is 6.42. The molecular weight excluding hydrogens is 424 g/mol. The van der Waals surface area contributed by atoms with Crippen LogP contribution in [0.15, 0.2) is 30.3 Å². The van der Waals surface area contributed by atoms with Gasteiger partial charge in [-0.1, -0.05) is 42.1 Å². The van der Waals surface area contributed by atoms with Gasteiger partial charge in [0.2, 0.25) is 5.91 Å². The van der Waals surface area contributed by atoms with Gasteiger partial charge in [0, 0.05) is 30.5 Å². The molecule has 2 fully saturated rings. The molecule has 158 valence electrons. The number of benzene rings is 2. The fraction of sp³-hybridized carbons (Fsp3) is 0.435. The predicted octanol–water partition coefficient (Wildman–Crippen LogP) is 5.22. The molecule has 1 aliphatic carbocycles. The van der Waals surface area contributed by atoms with E-state index in [4.69, 9.17) is 23.2 Å². The minimum atomic E-state index is -0.716. The Morgan fingerprint density at radius 2 is 1.90 bits per heavy atom. The summed E-state index contributed by atoms with van der Waals surface area (Å²) in [5.74, 6) is -0.188. The van der Waals surface area contributed by atoms with Crippen molar-refractivity contribution in [1.82, 2.24) is 5.32 Å². The smallest absolute Gasteiger partial charge is 0.237 e. The van der Waals surface area contributed by atoms with Crippen LogP contribution in [-0.4, -0.2) is 26.0 Å². The quantitative estimate of drug-likeness (QED) is 0.633. The molecule has 2 aromatic carbocycles. The van der Waals surface area contributed by atoms with Crippen molar-refractivity contribution in [3.8, 4) is 0 Å². The van der Waals surface area contributed by atoms with Crippen LogP contribution in [0.5, 0.6) is 0 Å². The number of anilines is 2. The molecular formula is C23H24Cl2FN3O. The summed E-state index contributed by atoms with van der Waals surface area (Å²) in [5.41, 5.74) is 2.19. The summed E-state index contributed by atoms with van der Waals surface area (Å²) < 4.78 is 14.9. The van der Waals surface area contributed by atoms with Crippen LogP contribution in [-0.2, 0) is 15.7 Å². The summed E-state index contributed by atoms with van der Waals surface area (Å²) in [6.45, 7) is 1.27. The zero-order valence-electron chi connectivity index (χ0n) is 16.8. The number of hydrogen-bond acceptors (Lipinski definition) is 3. The summed E-state index contributed by atoms with van der Waals surface area (Å²) >= 11 is 12.7. The highest BCUT2D eigenvalue weighted by atomic mass is 35.5. The van der Waals surface area contributed by atoms with E-state index < -0.39 is 5.54 Å². The lowest BCUT2D eigenvalue weighted by molar-refractivity contribution is -0.122. The first kappa shape index (κ1) is 20.1. The molecule has 3 aliphatic rings. The first-order valence-corrected chi connectivity index (χ1v) is 11.2. The second kappa shape index (κ2) is 7.11. The zero-order valence-corrected chi connectivity index (χ0v) is 18.3. The lowest BCUT2D eigenvalue weighted by atomic mass is 9.80. The third-order valence-electron chi connectivity index (χ3n) is 7.11. The SMILES string of the molecule is CN1C(=O)C2(CCCC2)c2ccc(NC3(c4c(F)ccc(Cl)c4Cl)CCNC3)cc21. The van der Waals surface area contributed by atoms with Gasteiger partial charge in [0.05, 0.1) is 21.0 Å². The first-order chi connectivity index (χ1) is 14.4. The van der Waals surface area contributed by atoms with Crippen molar-refractivity contribution >= 4 is 40.5 Å². The van der Waals surface area contributed by atoms with Crippen LogP contribution in [0.25, 0.3) is 0 Å². The molecule has 0 aromatic heterocycles. The molecule has 4 nitrogen and oxygen atoms in total. The predicted molar refractivity (Wildman–Crippen MR) is 119 cm³/mol. The number of amides is 1. The van der Waals surface area contributed by atoms with Crippen LogP contribution in [0, 0.1) is 5.82 Å². The number of carbonyl (C=O) groups is 1. The Morgan fingerprint density at radius 1 is 1.13 bits per heavy atom. The Hall–Kier alpha value is -1.82. The van der Waals surface area contributed by atoms with Crippen LogP contribution in [0.3, 0.4) is 0 Å². The average Bonchev–Trinajstić information content (AvgIpc) is 3.44. The number of nitrogens with zero attached hydrogens (tertiary/aromatic N) is 1. The number of halogens is 3. The van der Waals surface area contributed by atoms with Gasteiger partial charge < -0.3 is 15.5 Å². The number of hydrogen-bond donors (Lipinski definition) is 2. The average molecular weight is 448 g/mol. The molecule has 2 aliphatic heterocycles. The Balaban J connectivity index is 1.56. The van der Waals surface area contributed by atoms with E-state index in [2.05, 4.69) is 16.7 Å². The fourth-order valence-corrected chi connectivity index (χ4v) is 6.11. The van der Waals surface area contributed by atoms with E-state index in [1.54, 1.807) is 4.90 Å². The number of likely N-dealkylation sites (N-methyl/N-ethyl adjacent to an activating group) is 1. The van der Waals surface area contributed by atoms with Crippen LogP contribution >= 0.6 is 23.2 Å². The maximum Gasteiger partial charge on any atom is 0.237 e. The van der Waals surface area contributed by atoms with Gasteiger partial charge in [0.25, 0.3) is 0 Å². The van der Waals surface area contributed by atoms with Gasteiger partial charge in [-0.3, -0.25) is 4.79 Å². The standard InChI is InChI=1S/C23H24Cl2FN3O/c1-29-18-12-14(4-5-15(18)22(21(29)30)8-2-3-9-22)28-23(10-11-27-13-23)19-17(26)7-6-16(24)20(19)25/h4-7,12,27-28H,2-3,8-11,13H2,1H3. The van der Waals surface area contributed by atoms with Gasteiger partial charge in [-0.15, -0.1) is 0 Å². The monoisotopic (exact) mass is 447 g/mol. The summed E-state index contributed by atoms with van der Waals surface area (Å²) in [6.07, 6.45) is 4.65. The summed E-state index contributed by atoms with van der Waals surface area (Å²) in [7, 11) is 1.85. The topological polar surface area (TPSA) is 44.4 Å². The van der Waals surface area contributed by atoms with E-state index in [-0.39, 0.29) is 22.2 Å². The molecule has 1 amide bonds. The second-order valence-electron chi connectivity index (χ2n) is 8.74. The molecule has 1 spiro atoms. The van der Waals surface area contributed by atoms with Crippen molar-refractivity contribution in [3.63, 3.8) is 0 Å². The van der Waals surface area contributed by atoms with E-state index in [1.165, 1.54) is 12.1 Å². The van der Waals surface area contributed by atoms with Gasteiger partial charge in [0.15, 0.2) is 0 Å². The molecule has 0 bridgehead atoms. The summed E-state index contributed by atoms with van der Waals surface area (Å²) in [4.78, 5) is 14.8. The molecule has 0 radical (unpaired) electrons. The van der Waals surface area contributed by atoms with E-state index in [0.717, 1.165) is 49.2 Å². The molecule has 1 saturated heterocycles. The van der Waals surface area contributed by atoms with Crippen molar-refractivity contribution in [2.24, 2.45) is 0 Å². The molecule has 7 heteroatoms. The number of rotatable bonds is 3. The van der Waals surface area contributed by atoms with Crippen molar-refractivity contribution in [2.75, 3.05) is 30.4 Å². The lowest BCUT2D eigenvalue weighted by Gasteiger charge is -2.33. The van der Waals surface area contributed by atoms with Crippen molar-refractivity contribution in [2.45, 2.75) is 43.1 Å². The minimum absolute atomic E-state index is 0.188. The van der Waals surface area contributed by atoms with Crippen LogP contribution in [0.4, 0.5) is 15.8 Å². The number of nitrogens with one attached hydrogen (secondary N) is 2. The van der Waals surface area contributed by atoms with Crippen LogP contribution in [0.2, 0.25) is 10.0 Å². The normalized spacial score (nSPS) is 24.7. The molecule has 2 N–H and O–H groups in total. The molecule has 1 atom stereocenters. The van der Waals surface area contributed by atoms with Crippen molar-refractivity contribution in [1.29, 1.82) is 0 Å². The molecule has 5 rings (SSSR count). The third kappa shape index (κ3) is 2.79. The number of fused-ring (bicyclic) bond motifs is 2.